The van der Waals surface area contributed by atoms with E-state index in [9.17, 15) is 18.5 Å². The number of likely N-dealkylation sites (tertiary alicyclic amines) is 1. The zero-order valence-corrected chi connectivity index (χ0v) is 14.8. The fourth-order valence-corrected chi connectivity index (χ4v) is 4.33. The Balaban J connectivity index is 1.74. The third kappa shape index (κ3) is 5.85. The van der Waals surface area contributed by atoms with E-state index in [1.165, 1.54) is 12.1 Å². The molecule has 0 aromatic heterocycles. The topological polar surface area (TPSA) is 92.6 Å². The Kier molecular flexibility index (Phi) is 6.70. The first-order chi connectivity index (χ1) is 11.4. The van der Waals surface area contributed by atoms with Crippen molar-refractivity contribution in [2.24, 2.45) is 0 Å². The molecular formula is C16H25N3O4S. The predicted molar refractivity (Wildman–Crippen MR) is 93.5 cm³/mol. The van der Waals surface area contributed by atoms with E-state index in [0.29, 0.717) is 6.42 Å². The van der Waals surface area contributed by atoms with Crippen LogP contribution in [0.3, 0.4) is 0 Å². The van der Waals surface area contributed by atoms with Gasteiger partial charge in [0.25, 0.3) is 5.69 Å². The van der Waals surface area contributed by atoms with Crippen molar-refractivity contribution in [3.8, 4) is 0 Å². The first kappa shape index (κ1) is 18.8. The third-order valence-corrected chi connectivity index (χ3v) is 5.91. The summed E-state index contributed by atoms with van der Waals surface area (Å²) in [6.07, 6.45) is 3.11. The quantitative estimate of drug-likeness (QED) is 0.568. The van der Waals surface area contributed by atoms with Crippen LogP contribution >= 0.6 is 0 Å². The lowest BCUT2D eigenvalue weighted by molar-refractivity contribution is -0.384. The molecule has 0 saturated carbocycles. The molecule has 0 bridgehead atoms. The number of sulfonamides is 1. The van der Waals surface area contributed by atoms with Gasteiger partial charge in [-0.15, -0.1) is 0 Å². The molecular weight excluding hydrogens is 330 g/mol. The Bertz CT molecular complexity index is 638. The Morgan fingerprint density at radius 2 is 1.88 bits per heavy atom. The largest absolute Gasteiger partial charge is 0.303 e. The van der Waals surface area contributed by atoms with Gasteiger partial charge in [-0.25, -0.2) is 13.1 Å². The number of non-ortho nitro benzene ring substituents is 1. The first-order valence-corrected chi connectivity index (χ1v) is 10.0. The molecule has 0 atom stereocenters. The van der Waals surface area contributed by atoms with Crippen LogP contribution in [-0.2, 0) is 16.4 Å². The van der Waals surface area contributed by atoms with Gasteiger partial charge in [-0.1, -0.05) is 19.1 Å². The van der Waals surface area contributed by atoms with Gasteiger partial charge in [0.05, 0.1) is 10.7 Å². The van der Waals surface area contributed by atoms with Gasteiger partial charge in [0.1, 0.15) is 0 Å². The molecule has 8 heteroatoms. The summed E-state index contributed by atoms with van der Waals surface area (Å²) in [5.41, 5.74) is 1.19. The molecule has 1 aromatic rings. The van der Waals surface area contributed by atoms with Gasteiger partial charge in [0, 0.05) is 24.7 Å². The van der Waals surface area contributed by atoms with Gasteiger partial charge < -0.3 is 4.90 Å². The molecule has 0 amide bonds. The van der Waals surface area contributed by atoms with Crippen molar-refractivity contribution in [1.29, 1.82) is 0 Å². The SMILES string of the molecule is CCCS(=O)(=O)NC1CCN(CCc2ccc([N+](=O)[O-])cc2)CC1. The van der Waals surface area contributed by atoms with E-state index in [2.05, 4.69) is 9.62 Å². The van der Waals surface area contributed by atoms with Crippen molar-refractivity contribution in [2.75, 3.05) is 25.4 Å². The van der Waals surface area contributed by atoms with E-state index in [-0.39, 0.29) is 17.5 Å². The van der Waals surface area contributed by atoms with Crippen LogP contribution < -0.4 is 4.72 Å². The Morgan fingerprint density at radius 3 is 2.42 bits per heavy atom. The second-order valence-electron chi connectivity index (χ2n) is 6.23. The number of nitrogens with one attached hydrogen (secondary N) is 1. The van der Waals surface area contributed by atoms with Crippen LogP contribution in [0.4, 0.5) is 5.69 Å². The summed E-state index contributed by atoms with van der Waals surface area (Å²) >= 11 is 0. The number of piperidine rings is 1. The molecule has 1 aliphatic heterocycles. The fraction of sp³-hybridized carbons (Fsp3) is 0.625. The number of hydrogen-bond donors (Lipinski definition) is 1. The second-order valence-corrected chi connectivity index (χ2v) is 8.10. The maximum atomic E-state index is 11.8. The lowest BCUT2D eigenvalue weighted by Crippen LogP contribution is -2.45. The van der Waals surface area contributed by atoms with Crippen LogP contribution in [0.25, 0.3) is 0 Å². The smallest absolute Gasteiger partial charge is 0.269 e. The number of hydrogen-bond acceptors (Lipinski definition) is 5. The van der Waals surface area contributed by atoms with Gasteiger partial charge >= 0.3 is 0 Å². The predicted octanol–water partition coefficient (Wildman–Crippen LogP) is 1.93. The lowest BCUT2D eigenvalue weighted by atomic mass is 10.1. The fourth-order valence-electron chi connectivity index (χ4n) is 2.93. The van der Waals surface area contributed by atoms with Gasteiger partial charge in [-0.2, -0.15) is 0 Å². The van der Waals surface area contributed by atoms with E-state index >= 15 is 0 Å². The minimum absolute atomic E-state index is 0.0391. The molecule has 1 heterocycles. The van der Waals surface area contributed by atoms with E-state index in [4.69, 9.17) is 0 Å². The molecule has 1 aliphatic rings. The monoisotopic (exact) mass is 355 g/mol. The Labute approximate surface area is 143 Å². The molecule has 1 aromatic carbocycles. The standard InChI is InChI=1S/C16H25N3O4S/c1-2-13-24(22,23)17-15-8-11-18(12-9-15)10-7-14-3-5-16(6-4-14)19(20)21/h3-6,15,17H,2,7-13H2,1H3. The zero-order chi connectivity index (χ0) is 17.6. The molecule has 1 saturated heterocycles. The Hall–Kier alpha value is -1.51. The van der Waals surface area contributed by atoms with E-state index < -0.39 is 14.9 Å². The highest BCUT2D eigenvalue weighted by Crippen LogP contribution is 2.15. The molecule has 0 radical (unpaired) electrons. The summed E-state index contributed by atoms with van der Waals surface area (Å²) in [6.45, 7) is 4.48. The molecule has 0 spiro atoms. The Morgan fingerprint density at radius 1 is 1.25 bits per heavy atom. The van der Waals surface area contributed by atoms with Crippen molar-refractivity contribution >= 4 is 15.7 Å². The third-order valence-electron chi connectivity index (χ3n) is 4.27. The van der Waals surface area contributed by atoms with Crippen molar-refractivity contribution in [3.05, 3.63) is 39.9 Å². The molecule has 0 unspecified atom stereocenters. The molecule has 0 aliphatic carbocycles. The number of benzene rings is 1. The van der Waals surface area contributed by atoms with E-state index in [1.807, 2.05) is 6.92 Å². The minimum Gasteiger partial charge on any atom is -0.303 e. The minimum atomic E-state index is -3.14. The van der Waals surface area contributed by atoms with Crippen LogP contribution in [0.15, 0.2) is 24.3 Å². The first-order valence-electron chi connectivity index (χ1n) is 8.35. The summed E-state index contributed by atoms with van der Waals surface area (Å²) in [5.74, 6) is 0.188. The van der Waals surface area contributed by atoms with E-state index in [0.717, 1.165) is 44.5 Å². The second kappa shape index (κ2) is 8.55. The molecule has 1 fully saturated rings. The van der Waals surface area contributed by atoms with Gasteiger partial charge in [-0.05, 0) is 44.3 Å². The van der Waals surface area contributed by atoms with Crippen LogP contribution in [0.2, 0.25) is 0 Å². The maximum absolute atomic E-state index is 11.8. The number of nitro benzene ring substituents is 1. The summed E-state index contributed by atoms with van der Waals surface area (Å²) in [6, 6.07) is 6.69. The average molecular weight is 355 g/mol. The van der Waals surface area contributed by atoms with Crippen molar-refractivity contribution in [2.45, 2.75) is 38.6 Å². The average Bonchev–Trinajstić information content (AvgIpc) is 2.54. The highest BCUT2D eigenvalue weighted by atomic mass is 32.2. The highest BCUT2D eigenvalue weighted by molar-refractivity contribution is 7.89. The summed E-state index contributed by atoms with van der Waals surface area (Å²) in [5, 5.41) is 10.6. The van der Waals surface area contributed by atoms with Crippen molar-refractivity contribution in [3.63, 3.8) is 0 Å². The van der Waals surface area contributed by atoms with Gasteiger partial charge in [0.2, 0.25) is 10.0 Å². The molecule has 134 valence electrons. The number of nitrogens with zero attached hydrogens (tertiary/aromatic N) is 2. The molecule has 2 rings (SSSR count). The zero-order valence-electron chi connectivity index (χ0n) is 14.0. The number of rotatable bonds is 8. The number of nitro groups is 1. The highest BCUT2D eigenvalue weighted by Gasteiger charge is 2.22. The summed E-state index contributed by atoms with van der Waals surface area (Å²) < 4.78 is 26.4. The van der Waals surface area contributed by atoms with E-state index in [1.54, 1.807) is 12.1 Å². The normalized spacial score (nSPS) is 17.0. The van der Waals surface area contributed by atoms with Crippen LogP contribution in [0.1, 0.15) is 31.7 Å². The van der Waals surface area contributed by atoms with Gasteiger partial charge in [0.15, 0.2) is 0 Å². The van der Waals surface area contributed by atoms with Crippen molar-refractivity contribution in [1.82, 2.24) is 9.62 Å². The molecule has 7 nitrogen and oxygen atoms in total. The van der Waals surface area contributed by atoms with Gasteiger partial charge in [-0.3, -0.25) is 10.1 Å². The summed E-state index contributed by atoms with van der Waals surface area (Å²) in [4.78, 5) is 12.6. The van der Waals surface area contributed by atoms with Crippen LogP contribution in [0, 0.1) is 10.1 Å². The lowest BCUT2D eigenvalue weighted by Gasteiger charge is -2.32. The molecule has 1 N–H and O–H groups in total. The van der Waals surface area contributed by atoms with Crippen LogP contribution in [0.5, 0.6) is 0 Å². The molecule has 24 heavy (non-hydrogen) atoms. The summed E-state index contributed by atoms with van der Waals surface area (Å²) in [7, 11) is -3.14. The van der Waals surface area contributed by atoms with Crippen LogP contribution in [-0.4, -0.2) is 49.7 Å². The van der Waals surface area contributed by atoms with Crippen molar-refractivity contribution < 1.29 is 13.3 Å². The maximum Gasteiger partial charge on any atom is 0.269 e.